The molecule has 0 aromatic heterocycles. The van der Waals surface area contributed by atoms with Crippen molar-refractivity contribution >= 4 is 35.4 Å². The third-order valence-corrected chi connectivity index (χ3v) is 7.23. The first-order valence-electron chi connectivity index (χ1n) is 15.7. The number of carbonyl (C=O) groups is 6. The minimum absolute atomic E-state index is 0.0242. The Morgan fingerprint density at radius 1 is 0.826 bits per heavy atom. The summed E-state index contributed by atoms with van der Waals surface area (Å²) in [5, 5.41) is 24.2. The van der Waals surface area contributed by atoms with Gasteiger partial charge in [0.25, 0.3) is 5.91 Å². The Morgan fingerprint density at radius 3 is 1.96 bits per heavy atom. The van der Waals surface area contributed by atoms with E-state index in [0.29, 0.717) is 12.1 Å². The van der Waals surface area contributed by atoms with E-state index in [1.165, 1.54) is 0 Å². The van der Waals surface area contributed by atoms with E-state index in [2.05, 4.69) is 33.2 Å². The normalized spacial score (nSPS) is 15.0. The number of benzene rings is 1. The second-order valence-corrected chi connectivity index (χ2v) is 12.3. The van der Waals surface area contributed by atoms with Gasteiger partial charge in [0.15, 0.2) is 0 Å². The minimum Gasteiger partial charge on any atom is -0.390 e. The van der Waals surface area contributed by atoms with Crippen molar-refractivity contribution in [3.8, 4) is 0 Å². The van der Waals surface area contributed by atoms with Gasteiger partial charge >= 0.3 is 0 Å². The predicted octanol–water partition coefficient (Wildman–Crippen LogP) is 0.916. The molecule has 256 valence electrons. The maximum absolute atomic E-state index is 13.5. The number of aliphatic hydroxyl groups excluding tert-OH is 1. The Kier molecular flexibility index (Phi) is 17.3. The lowest BCUT2D eigenvalue weighted by molar-refractivity contribution is -0.133. The highest BCUT2D eigenvalue weighted by Gasteiger charge is 2.33. The second kappa shape index (κ2) is 20.0. The third kappa shape index (κ3) is 14.2. The first kappa shape index (κ1) is 39.8. The second-order valence-electron chi connectivity index (χ2n) is 12.3. The summed E-state index contributed by atoms with van der Waals surface area (Å²) in [6, 6.07) is 4.03. The molecule has 1 rings (SSSR count). The molecule has 0 saturated heterocycles. The molecule has 0 fully saturated rings. The number of hydrogen-bond acceptors (Lipinski definition) is 7. The molecule has 6 atom stereocenters. The van der Waals surface area contributed by atoms with Gasteiger partial charge in [-0.1, -0.05) is 58.9 Å². The standard InChI is InChI=1S/C33H52N6O7/c1-8-21(7)16-24(37-30(43)22-13-11-10-12-14-22)31(44)38-25(17-27(34)41)32(45)36-23(15-19(3)4)26(40)18-28(42)39-29(20(5)6)33(46)35-9-2/h8,10-14,19-21,23-26,29,40H,1,9,15-18H2,2-7H3,(H2,34,41)(H,35,46)(H,36,45)(H,37,43)(H,38,44)(H,39,42)/t21?,23-,24+,25-,26-,29-/m0/s1. The maximum atomic E-state index is 13.5. The molecular formula is C33H52N6O7. The highest BCUT2D eigenvalue weighted by molar-refractivity contribution is 5.99. The van der Waals surface area contributed by atoms with E-state index in [1.54, 1.807) is 57.2 Å². The fraction of sp³-hybridized carbons (Fsp3) is 0.576. The minimum atomic E-state index is -1.43. The van der Waals surface area contributed by atoms with Crippen LogP contribution in [0.5, 0.6) is 0 Å². The van der Waals surface area contributed by atoms with Gasteiger partial charge in [-0.05, 0) is 49.7 Å². The molecule has 0 aliphatic rings. The van der Waals surface area contributed by atoms with Crippen molar-refractivity contribution in [2.75, 3.05) is 6.54 Å². The zero-order valence-electron chi connectivity index (χ0n) is 27.8. The van der Waals surface area contributed by atoms with Gasteiger partial charge in [-0.3, -0.25) is 28.8 Å². The first-order chi connectivity index (χ1) is 21.6. The Hall–Kier alpha value is -4.26. The van der Waals surface area contributed by atoms with Crippen LogP contribution in [0.15, 0.2) is 43.0 Å². The fourth-order valence-corrected chi connectivity index (χ4v) is 4.70. The van der Waals surface area contributed by atoms with Crippen LogP contribution in [-0.4, -0.2) is 77.4 Å². The molecule has 0 spiro atoms. The van der Waals surface area contributed by atoms with Crippen LogP contribution >= 0.6 is 0 Å². The molecular weight excluding hydrogens is 592 g/mol. The summed E-state index contributed by atoms with van der Waals surface area (Å²) in [5.74, 6) is -4.25. The molecule has 13 heteroatoms. The lowest BCUT2D eigenvalue weighted by Crippen LogP contribution is -2.57. The number of aliphatic hydroxyl groups is 1. The molecule has 0 heterocycles. The Balaban J connectivity index is 3.13. The number of allylic oxidation sites excluding steroid dienone is 1. The van der Waals surface area contributed by atoms with E-state index in [9.17, 15) is 33.9 Å². The van der Waals surface area contributed by atoms with Crippen molar-refractivity contribution < 1.29 is 33.9 Å². The van der Waals surface area contributed by atoms with Crippen LogP contribution in [0.2, 0.25) is 0 Å². The lowest BCUT2D eigenvalue weighted by Gasteiger charge is -2.29. The fourth-order valence-electron chi connectivity index (χ4n) is 4.70. The Bertz CT molecular complexity index is 1190. The maximum Gasteiger partial charge on any atom is 0.251 e. The van der Waals surface area contributed by atoms with Gasteiger partial charge < -0.3 is 37.4 Å². The molecule has 46 heavy (non-hydrogen) atoms. The van der Waals surface area contributed by atoms with Crippen LogP contribution in [0.25, 0.3) is 0 Å². The number of nitrogens with one attached hydrogen (secondary N) is 5. The monoisotopic (exact) mass is 644 g/mol. The van der Waals surface area contributed by atoms with E-state index in [0.717, 1.165) is 0 Å². The van der Waals surface area contributed by atoms with Gasteiger partial charge in [0.05, 0.1) is 25.0 Å². The topological polar surface area (TPSA) is 209 Å². The quantitative estimate of drug-likeness (QED) is 0.102. The molecule has 0 aliphatic carbocycles. The molecule has 13 nitrogen and oxygen atoms in total. The molecule has 6 amide bonds. The number of rotatable bonds is 20. The van der Waals surface area contributed by atoms with Crippen LogP contribution < -0.4 is 32.3 Å². The first-order valence-corrected chi connectivity index (χ1v) is 15.7. The SMILES string of the molecule is C=CC(C)C[C@@H](NC(=O)c1ccccc1)C(=O)N[C@@H](CC(N)=O)C(=O)N[C@@H](CC(C)C)[C@@H](O)CC(=O)N[C@H](C(=O)NCC)C(C)C. The van der Waals surface area contributed by atoms with Crippen LogP contribution in [0.3, 0.4) is 0 Å². The third-order valence-electron chi connectivity index (χ3n) is 7.23. The molecule has 1 unspecified atom stereocenters. The summed E-state index contributed by atoms with van der Waals surface area (Å²) >= 11 is 0. The van der Waals surface area contributed by atoms with Crippen LogP contribution in [0.1, 0.15) is 77.6 Å². The van der Waals surface area contributed by atoms with Gasteiger partial charge in [-0.2, -0.15) is 0 Å². The summed E-state index contributed by atoms with van der Waals surface area (Å²) in [7, 11) is 0. The van der Waals surface area contributed by atoms with Crippen LogP contribution in [0, 0.1) is 17.8 Å². The van der Waals surface area contributed by atoms with Crippen molar-refractivity contribution in [3.63, 3.8) is 0 Å². The number of primary amides is 1. The zero-order chi connectivity index (χ0) is 35.0. The van der Waals surface area contributed by atoms with Gasteiger partial charge in [0, 0.05) is 12.1 Å². The van der Waals surface area contributed by atoms with Gasteiger partial charge in [0.2, 0.25) is 29.5 Å². The van der Waals surface area contributed by atoms with Gasteiger partial charge in [-0.15, -0.1) is 6.58 Å². The van der Waals surface area contributed by atoms with Crippen LogP contribution in [0.4, 0.5) is 0 Å². The van der Waals surface area contributed by atoms with Crippen molar-refractivity contribution in [3.05, 3.63) is 48.6 Å². The Morgan fingerprint density at radius 2 is 1.43 bits per heavy atom. The van der Waals surface area contributed by atoms with E-state index >= 15 is 0 Å². The summed E-state index contributed by atoms with van der Waals surface area (Å²) in [5.41, 5.74) is 5.74. The summed E-state index contributed by atoms with van der Waals surface area (Å²) in [6.07, 6.45) is -0.285. The van der Waals surface area contributed by atoms with E-state index in [1.807, 2.05) is 20.8 Å². The summed E-state index contributed by atoms with van der Waals surface area (Å²) in [6.45, 7) is 15.0. The van der Waals surface area contributed by atoms with Crippen molar-refractivity contribution in [2.24, 2.45) is 23.5 Å². The average molecular weight is 645 g/mol. The lowest BCUT2D eigenvalue weighted by atomic mass is 9.95. The number of amides is 6. The molecule has 0 saturated carbocycles. The number of carbonyl (C=O) groups excluding carboxylic acids is 6. The van der Waals surface area contributed by atoms with Gasteiger partial charge in [0.1, 0.15) is 18.1 Å². The number of likely N-dealkylation sites (N-methyl/N-ethyl adjacent to an activating group) is 1. The predicted molar refractivity (Wildman–Crippen MR) is 175 cm³/mol. The molecule has 0 aliphatic heterocycles. The summed E-state index contributed by atoms with van der Waals surface area (Å²) < 4.78 is 0. The number of nitrogens with two attached hydrogens (primary N) is 1. The van der Waals surface area contributed by atoms with E-state index in [-0.39, 0.29) is 36.5 Å². The zero-order valence-corrected chi connectivity index (χ0v) is 27.8. The Labute approximate surface area is 271 Å². The molecule has 0 radical (unpaired) electrons. The largest absolute Gasteiger partial charge is 0.390 e. The van der Waals surface area contributed by atoms with Crippen molar-refractivity contribution in [1.29, 1.82) is 0 Å². The highest BCUT2D eigenvalue weighted by atomic mass is 16.3. The van der Waals surface area contributed by atoms with Gasteiger partial charge in [-0.25, -0.2) is 0 Å². The van der Waals surface area contributed by atoms with Crippen molar-refractivity contribution in [1.82, 2.24) is 26.6 Å². The highest BCUT2D eigenvalue weighted by Crippen LogP contribution is 2.14. The molecule has 1 aromatic carbocycles. The van der Waals surface area contributed by atoms with E-state index in [4.69, 9.17) is 5.73 Å². The van der Waals surface area contributed by atoms with Crippen molar-refractivity contribution in [2.45, 2.75) is 97.5 Å². The molecule has 1 aromatic rings. The molecule has 0 bridgehead atoms. The smallest absolute Gasteiger partial charge is 0.251 e. The molecule has 8 N–H and O–H groups in total. The number of hydrogen-bond donors (Lipinski definition) is 7. The summed E-state index contributed by atoms with van der Waals surface area (Å²) in [4.78, 5) is 76.9. The average Bonchev–Trinajstić information content (AvgIpc) is 2.98. The van der Waals surface area contributed by atoms with Crippen LogP contribution in [-0.2, 0) is 24.0 Å². The van der Waals surface area contributed by atoms with E-state index < -0.39 is 72.6 Å².